The van der Waals surface area contributed by atoms with Gasteiger partial charge in [0.05, 0.1) is 4.90 Å². The zero-order chi connectivity index (χ0) is 15.7. The van der Waals surface area contributed by atoms with Crippen LogP contribution in [0.25, 0.3) is 10.8 Å². The Morgan fingerprint density at radius 3 is 2.45 bits per heavy atom. The predicted octanol–water partition coefficient (Wildman–Crippen LogP) is 4.46. The lowest BCUT2D eigenvalue weighted by atomic mass is 9.87. The topological polar surface area (TPSA) is 46.2 Å². The molecule has 1 aliphatic carbocycles. The minimum Gasteiger partial charge on any atom is -0.208 e. The van der Waals surface area contributed by atoms with Crippen molar-refractivity contribution >= 4 is 36.7 Å². The second kappa shape index (κ2) is 6.30. The fraction of sp³-hybridized carbons (Fsp3) is 0.412. The first-order chi connectivity index (χ1) is 10.5. The zero-order valence-corrected chi connectivity index (χ0v) is 15.0. The quantitative estimate of drug-likeness (QED) is 0.852. The Morgan fingerprint density at radius 1 is 1.05 bits per heavy atom. The monoisotopic (exact) mass is 381 g/mol. The maximum atomic E-state index is 12.8. The largest absolute Gasteiger partial charge is 0.241 e. The van der Waals surface area contributed by atoms with Crippen molar-refractivity contribution in [3.05, 3.63) is 40.9 Å². The summed E-state index contributed by atoms with van der Waals surface area (Å²) in [4.78, 5) is 0.365. The third kappa shape index (κ3) is 3.07. The summed E-state index contributed by atoms with van der Waals surface area (Å²) in [7, 11) is -3.51. The van der Waals surface area contributed by atoms with Crippen LogP contribution in [0, 0.1) is 5.92 Å². The van der Waals surface area contributed by atoms with Gasteiger partial charge in [0.2, 0.25) is 10.0 Å². The Bertz CT molecular complexity index is 788. The van der Waals surface area contributed by atoms with Crippen molar-refractivity contribution < 1.29 is 8.42 Å². The summed E-state index contributed by atoms with van der Waals surface area (Å²) in [5.41, 5.74) is 0. The van der Waals surface area contributed by atoms with Gasteiger partial charge in [-0.1, -0.05) is 60.0 Å². The summed E-state index contributed by atoms with van der Waals surface area (Å²) in [6, 6.07) is 11.1. The van der Waals surface area contributed by atoms with Gasteiger partial charge in [-0.15, -0.1) is 0 Å². The van der Waals surface area contributed by atoms with Gasteiger partial charge in [0.25, 0.3) is 0 Å². The van der Waals surface area contributed by atoms with E-state index in [1.165, 1.54) is 6.42 Å². The van der Waals surface area contributed by atoms with E-state index >= 15 is 0 Å². The molecular formula is C17H20BrNO2S. The average Bonchev–Trinajstić information content (AvgIpc) is 2.50. The Kier molecular flexibility index (Phi) is 4.57. The van der Waals surface area contributed by atoms with E-state index in [0.29, 0.717) is 10.8 Å². The lowest BCUT2D eigenvalue weighted by molar-refractivity contribution is 0.310. The SMILES string of the molecule is C[C@H]1CCCC[C@H]1NS(=O)(=O)c1ccc(Br)c2ccccc12. The van der Waals surface area contributed by atoms with Crippen molar-refractivity contribution in [2.24, 2.45) is 5.92 Å². The van der Waals surface area contributed by atoms with Crippen molar-refractivity contribution in [2.45, 2.75) is 43.5 Å². The molecule has 0 unspecified atom stereocenters. The number of benzene rings is 2. The van der Waals surface area contributed by atoms with Crippen molar-refractivity contribution in [1.82, 2.24) is 4.72 Å². The van der Waals surface area contributed by atoms with Crippen molar-refractivity contribution in [3.63, 3.8) is 0 Å². The van der Waals surface area contributed by atoms with Gasteiger partial charge in [0.1, 0.15) is 0 Å². The standard InChI is InChI=1S/C17H20BrNO2S/c1-12-6-2-5-9-16(12)19-22(20,21)17-11-10-15(18)13-7-3-4-8-14(13)17/h3-4,7-8,10-12,16,19H,2,5-6,9H2,1H3/t12-,16+/m0/s1. The smallest absolute Gasteiger partial charge is 0.208 e. The second-order valence-electron chi connectivity index (χ2n) is 6.08. The van der Waals surface area contributed by atoms with Crippen LogP contribution in [0.5, 0.6) is 0 Å². The molecule has 0 saturated heterocycles. The first kappa shape index (κ1) is 16.0. The maximum Gasteiger partial charge on any atom is 0.241 e. The molecule has 118 valence electrons. The number of hydrogen-bond donors (Lipinski definition) is 1. The summed E-state index contributed by atoms with van der Waals surface area (Å²) >= 11 is 3.49. The summed E-state index contributed by atoms with van der Waals surface area (Å²) in [6.45, 7) is 2.13. The van der Waals surface area contributed by atoms with Gasteiger partial charge in [-0.3, -0.25) is 0 Å². The molecule has 0 bridgehead atoms. The van der Waals surface area contributed by atoms with Gasteiger partial charge in [0, 0.05) is 15.9 Å². The van der Waals surface area contributed by atoms with Gasteiger partial charge in [-0.2, -0.15) is 0 Å². The lowest BCUT2D eigenvalue weighted by Crippen LogP contribution is -2.41. The van der Waals surface area contributed by atoms with Crippen LogP contribution < -0.4 is 4.72 Å². The highest BCUT2D eigenvalue weighted by Crippen LogP contribution is 2.31. The lowest BCUT2D eigenvalue weighted by Gasteiger charge is -2.29. The van der Waals surface area contributed by atoms with Gasteiger partial charge in [-0.05, 0) is 36.3 Å². The molecule has 22 heavy (non-hydrogen) atoms. The fourth-order valence-electron chi connectivity index (χ4n) is 3.22. The van der Waals surface area contributed by atoms with Crippen LogP contribution >= 0.6 is 15.9 Å². The molecule has 0 heterocycles. The molecule has 1 N–H and O–H groups in total. The number of halogens is 1. The number of hydrogen-bond acceptors (Lipinski definition) is 2. The first-order valence-corrected chi connectivity index (χ1v) is 9.96. The van der Waals surface area contributed by atoms with E-state index in [2.05, 4.69) is 27.6 Å². The Labute approximate surface area is 140 Å². The minimum absolute atomic E-state index is 0.0427. The number of sulfonamides is 1. The van der Waals surface area contributed by atoms with Gasteiger partial charge in [0.15, 0.2) is 0 Å². The number of fused-ring (bicyclic) bond motifs is 1. The molecule has 2 atom stereocenters. The van der Waals surface area contributed by atoms with E-state index in [4.69, 9.17) is 0 Å². The fourth-order valence-corrected chi connectivity index (χ4v) is 5.29. The second-order valence-corrected chi connectivity index (χ2v) is 8.62. The van der Waals surface area contributed by atoms with Crippen molar-refractivity contribution in [2.75, 3.05) is 0 Å². The van der Waals surface area contributed by atoms with Crippen LogP contribution in [0.3, 0.4) is 0 Å². The Hall–Kier alpha value is -0.910. The maximum absolute atomic E-state index is 12.8. The molecule has 0 spiro atoms. The third-order valence-electron chi connectivity index (χ3n) is 4.54. The molecular weight excluding hydrogens is 362 g/mol. The summed E-state index contributed by atoms with van der Waals surface area (Å²) in [5.74, 6) is 0.394. The highest BCUT2D eigenvalue weighted by Gasteiger charge is 2.27. The van der Waals surface area contributed by atoms with E-state index < -0.39 is 10.0 Å². The number of nitrogens with one attached hydrogen (secondary N) is 1. The van der Waals surface area contributed by atoms with Crippen molar-refractivity contribution in [1.29, 1.82) is 0 Å². The molecule has 3 rings (SSSR count). The molecule has 0 amide bonds. The highest BCUT2D eigenvalue weighted by molar-refractivity contribution is 9.10. The molecule has 2 aromatic carbocycles. The highest BCUT2D eigenvalue weighted by atomic mass is 79.9. The summed E-state index contributed by atoms with van der Waals surface area (Å²) in [5, 5.41) is 1.68. The Balaban J connectivity index is 2.01. The number of rotatable bonds is 3. The first-order valence-electron chi connectivity index (χ1n) is 7.68. The molecule has 1 aliphatic rings. The molecule has 5 heteroatoms. The molecule has 0 aliphatic heterocycles. The van der Waals surface area contributed by atoms with Crippen LogP contribution in [0.4, 0.5) is 0 Å². The zero-order valence-electron chi connectivity index (χ0n) is 12.5. The van der Waals surface area contributed by atoms with E-state index in [9.17, 15) is 8.42 Å². The predicted molar refractivity (Wildman–Crippen MR) is 93.4 cm³/mol. The van der Waals surface area contributed by atoms with E-state index in [-0.39, 0.29) is 6.04 Å². The van der Waals surface area contributed by atoms with Crippen molar-refractivity contribution in [3.8, 4) is 0 Å². The van der Waals surface area contributed by atoms with Crippen LogP contribution in [0.1, 0.15) is 32.6 Å². The summed E-state index contributed by atoms with van der Waals surface area (Å²) < 4.78 is 29.5. The third-order valence-corrected chi connectivity index (χ3v) is 6.78. The molecule has 2 aromatic rings. The summed E-state index contributed by atoms with van der Waals surface area (Å²) in [6.07, 6.45) is 4.31. The van der Waals surface area contributed by atoms with Gasteiger partial charge < -0.3 is 0 Å². The van der Waals surface area contributed by atoms with Crippen LogP contribution in [-0.2, 0) is 10.0 Å². The normalized spacial score (nSPS) is 22.8. The van der Waals surface area contributed by atoms with Crippen LogP contribution in [0.15, 0.2) is 45.8 Å². The van der Waals surface area contributed by atoms with E-state index in [1.54, 1.807) is 12.1 Å². The molecule has 1 saturated carbocycles. The molecule has 0 radical (unpaired) electrons. The van der Waals surface area contributed by atoms with Gasteiger partial charge in [-0.25, -0.2) is 13.1 Å². The Morgan fingerprint density at radius 2 is 1.73 bits per heavy atom. The molecule has 1 fully saturated rings. The van der Waals surface area contributed by atoms with Crippen LogP contribution in [-0.4, -0.2) is 14.5 Å². The van der Waals surface area contributed by atoms with E-state index in [1.807, 2.05) is 24.3 Å². The minimum atomic E-state index is -3.51. The molecule has 0 aromatic heterocycles. The average molecular weight is 382 g/mol. The van der Waals surface area contributed by atoms with Gasteiger partial charge >= 0.3 is 0 Å². The molecule has 3 nitrogen and oxygen atoms in total. The van der Waals surface area contributed by atoms with E-state index in [0.717, 1.165) is 34.5 Å². The van der Waals surface area contributed by atoms with Crippen LogP contribution in [0.2, 0.25) is 0 Å².